The second-order valence-corrected chi connectivity index (χ2v) is 21.7. The second-order valence-electron chi connectivity index (χ2n) is 21.7. The van der Waals surface area contributed by atoms with E-state index in [9.17, 15) is 10.2 Å². The van der Waals surface area contributed by atoms with Gasteiger partial charge >= 0.3 is 0 Å². The van der Waals surface area contributed by atoms with Gasteiger partial charge in [-0.1, -0.05) is 247 Å². The number of fused-ring (bicyclic) bond motifs is 6. The van der Waals surface area contributed by atoms with Gasteiger partial charge < -0.3 is 10.2 Å². The van der Waals surface area contributed by atoms with Crippen LogP contribution in [0.4, 0.5) is 0 Å². The number of unbranched alkanes of at least 4 members (excludes halogenated alkanes) is 20. The first-order chi connectivity index (χ1) is 32.2. The highest BCUT2D eigenvalue weighted by atomic mass is 16.3. The summed E-state index contributed by atoms with van der Waals surface area (Å²) < 4.78 is 0. The predicted molar refractivity (Wildman–Crippen MR) is 287 cm³/mol. The average molecular weight is 895 g/mol. The summed E-state index contributed by atoms with van der Waals surface area (Å²) in [5.41, 5.74) is 18.1. The largest absolute Gasteiger partial charge is 0.393 e. The lowest BCUT2D eigenvalue weighted by atomic mass is 9.69. The zero-order chi connectivity index (χ0) is 46.8. The van der Waals surface area contributed by atoms with E-state index in [0.29, 0.717) is 6.42 Å². The Hall–Kier alpha value is -3.20. The van der Waals surface area contributed by atoms with Gasteiger partial charge in [-0.25, -0.2) is 0 Å². The first kappa shape index (κ1) is 52.2. The van der Waals surface area contributed by atoms with Gasteiger partial charge in [0.1, 0.15) is 0 Å². The van der Waals surface area contributed by atoms with Crippen molar-refractivity contribution < 1.29 is 10.2 Å². The van der Waals surface area contributed by atoms with Crippen molar-refractivity contribution in [2.24, 2.45) is 0 Å². The Morgan fingerprint density at radius 3 is 1.05 bits per heavy atom. The van der Waals surface area contributed by atoms with Gasteiger partial charge in [0.25, 0.3) is 0 Å². The second kappa shape index (κ2) is 26.5. The lowest BCUT2D eigenvalue weighted by Crippen LogP contribution is -2.26. The van der Waals surface area contributed by atoms with Crippen molar-refractivity contribution in [1.29, 1.82) is 0 Å². The highest BCUT2D eigenvalue weighted by molar-refractivity contribution is 5.87. The molecule has 0 fully saturated rings. The van der Waals surface area contributed by atoms with Gasteiger partial charge in [0.2, 0.25) is 0 Å². The molecule has 0 aliphatic heterocycles. The molecule has 4 aromatic carbocycles. The maximum atomic E-state index is 10.2. The third-order valence-corrected chi connectivity index (χ3v) is 16.2. The van der Waals surface area contributed by atoms with Crippen molar-refractivity contribution in [3.05, 3.63) is 106 Å². The first-order valence-electron chi connectivity index (χ1n) is 28.1. The van der Waals surface area contributed by atoms with Gasteiger partial charge in [-0.05, 0) is 127 Å². The molecule has 2 N–H and O–H groups in total. The molecular formula is C64H94O2. The number of rotatable bonds is 33. The average Bonchev–Trinajstić information content (AvgIpc) is 3.72. The minimum absolute atomic E-state index is 0.0527. The molecule has 0 saturated carbocycles. The fourth-order valence-electron chi connectivity index (χ4n) is 12.6. The van der Waals surface area contributed by atoms with E-state index in [4.69, 9.17) is 0 Å². The Labute approximate surface area is 405 Å². The smallest absolute Gasteiger partial charge is 0.0564 e. The zero-order valence-electron chi connectivity index (χ0n) is 43.2. The van der Waals surface area contributed by atoms with Crippen molar-refractivity contribution in [3.63, 3.8) is 0 Å². The van der Waals surface area contributed by atoms with Crippen LogP contribution in [0.3, 0.4) is 0 Å². The van der Waals surface area contributed by atoms with Crippen LogP contribution in [0, 0.1) is 13.8 Å². The van der Waals surface area contributed by atoms with E-state index in [0.717, 1.165) is 12.8 Å². The van der Waals surface area contributed by atoms with Crippen molar-refractivity contribution in [3.8, 4) is 33.4 Å². The molecule has 2 heteroatoms. The summed E-state index contributed by atoms with van der Waals surface area (Å²) >= 11 is 0. The quantitative estimate of drug-likeness (QED) is 0.0468. The number of hydrogen-bond acceptors (Lipinski definition) is 2. The summed E-state index contributed by atoms with van der Waals surface area (Å²) in [6, 6.07) is 30.1. The van der Waals surface area contributed by atoms with Crippen LogP contribution in [0.5, 0.6) is 0 Å². The molecule has 362 valence electrons. The minimum Gasteiger partial charge on any atom is -0.393 e. The van der Waals surface area contributed by atoms with Gasteiger partial charge in [-0.2, -0.15) is 0 Å². The van der Waals surface area contributed by atoms with Gasteiger partial charge in [0.15, 0.2) is 0 Å². The zero-order valence-corrected chi connectivity index (χ0v) is 43.2. The highest BCUT2D eigenvalue weighted by Crippen LogP contribution is 2.57. The van der Waals surface area contributed by atoms with E-state index < -0.39 is 6.10 Å². The molecule has 0 radical (unpaired) electrons. The SMILES string of the molecule is CCCCCCCCC1(CCCCCCCC)c2cc(C)ccc2-c2ccc(-c3ccc4c(c3)C(CCCCCC)(CCCCCCCCCCC(O)CC(C)O)c3cc(C)ccc3-4)cc21. The molecule has 66 heavy (non-hydrogen) atoms. The van der Waals surface area contributed by atoms with Crippen LogP contribution in [0.15, 0.2) is 72.8 Å². The van der Waals surface area contributed by atoms with Crippen LogP contribution in [-0.2, 0) is 10.8 Å². The molecule has 6 rings (SSSR count). The maximum Gasteiger partial charge on any atom is 0.0564 e. The van der Waals surface area contributed by atoms with Gasteiger partial charge in [-0.15, -0.1) is 0 Å². The third-order valence-electron chi connectivity index (χ3n) is 16.2. The summed E-state index contributed by atoms with van der Waals surface area (Å²) in [5.74, 6) is 0. The Balaban J connectivity index is 1.28. The van der Waals surface area contributed by atoms with E-state index in [-0.39, 0.29) is 16.9 Å². The van der Waals surface area contributed by atoms with Crippen LogP contribution >= 0.6 is 0 Å². The van der Waals surface area contributed by atoms with Gasteiger partial charge in [-0.3, -0.25) is 0 Å². The summed E-state index contributed by atoms with van der Waals surface area (Å²) in [4.78, 5) is 0. The van der Waals surface area contributed by atoms with Crippen molar-refractivity contribution >= 4 is 0 Å². The summed E-state index contributed by atoms with van der Waals surface area (Å²) in [6.07, 6.45) is 36.8. The Bertz CT molecular complexity index is 2040. The lowest BCUT2D eigenvalue weighted by molar-refractivity contribution is 0.0834. The van der Waals surface area contributed by atoms with Crippen LogP contribution < -0.4 is 0 Å². The Morgan fingerprint density at radius 2 is 0.682 bits per heavy atom. The van der Waals surface area contributed by atoms with Crippen LogP contribution in [0.2, 0.25) is 0 Å². The first-order valence-corrected chi connectivity index (χ1v) is 28.1. The molecule has 2 aliphatic rings. The molecule has 0 heterocycles. The maximum absolute atomic E-state index is 10.2. The van der Waals surface area contributed by atoms with Crippen molar-refractivity contribution in [2.45, 2.75) is 257 Å². The Morgan fingerprint density at radius 1 is 0.379 bits per heavy atom. The van der Waals surface area contributed by atoms with E-state index in [1.165, 1.54) is 218 Å². The molecule has 0 saturated heterocycles. The molecule has 3 atom stereocenters. The number of aliphatic hydroxyl groups excluding tert-OH is 2. The van der Waals surface area contributed by atoms with Gasteiger partial charge in [0.05, 0.1) is 12.2 Å². The predicted octanol–water partition coefficient (Wildman–Crippen LogP) is 19.0. The van der Waals surface area contributed by atoms with Crippen LogP contribution in [-0.4, -0.2) is 22.4 Å². The molecule has 2 nitrogen and oxygen atoms in total. The molecule has 3 unspecified atom stereocenters. The number of aryl methyl sites for hydroxylation is 2. The summed E-state index contributed by atoms with van der Waals surface area (Å²) in [7, 11) is 0. The number of hydrogen-bond donors (Lipinski definition) is 2. The molecule has 0 bridgehead atoms. The van der Waals surface area contributed by atoms with Gasteiger partial charge in [0, 0.05) is 10.8 Å². The van der Waals surface area contributed by atoms with E-state index in [1.807, 2.05) is 0 Å². The molecule has 0 spiro atoms. The number of benzene rings is 4. The number of aliphatic hydroxyl groups is 2. The van der Waals surface area contributed by atoms with E-state index in [1.54, 1.807) is 29.2 Å². The summed E-state index contributed by atoms with van der Waals surface area (Å²) in [6.45, 7) is 13.4. The highest BCUT2D eigenvalue weighted by Gasteiger charge is 2.44. The molecule has 4 aromatic rings. The molecule has 0 amide bonds. The molecule has 0 aromatic heterocycles. The standard InChI is InChI=1S/C64H94O2/c1-7-10-13-16-23-28-41-64(42-29-24-17-14-11-8-2)60-45-50(5)33-37-56(60)58-39-35-53(48-62(58)64)52-34-38-57-55-36-32-49(4)44-59(55)63(61(57)47-52,40-27-15-12-9-3)43-30-25-21-19-18-20-22-26-31-54(66)46-51(6)65/h32-39,44-45,47-48,51,54,65-66H,7-31,40-43,46H2,1-6H3. The summed E-state index contributed by atoms with van der Waals surface area (Å²) in [5, 5.41) is 19.7. The van der Waals surface area contributed by atoms with Crippen LogP contribution in [0.1, 0.15) is 254 Å². The molecular weight excluding hydrogens is 801 g/mol. The normalized spacial score (nSPS) is 16.5. The minimum atomic E-state index is -0.416. The van der Waals surface area contributed by atoms with E-state index >= 15 is 0 Å². The molecule has 2 aliphatic carbocycles. The fourth-order valence-corrected chi connectivity index (χ4v) is 12.6. The van der Waals surface area contributed by atoms with Crippen molar-refractivity contribution in [1.82, 2.24) is 0 Å². The third kappa shape index (κ3) is 13.3. The van der Waals surface area contributed by atoms with E-state index in [2.05, 4.69) is 107 Å². The monoisotopic (exact) mass is 895 g/mol. The lowest BCUT2D eigenvalue weighted by Gasteiger charge is -2.34. The fraction of sp³-hybridized carbons (Fsp3) is 0.625. The topological polar surface area (TPSA) is 40.5 Å². The van der Waals surface area contributed by atoms with Crippen molar-refractivity contribution in [2.75, 3.05) is 0 Å². The van der Waals surface area contributed by atoms with Crippen LogP contribution in [0.25, 0.3) is 33.4 Å². The Kier molecular flexibility index (Phi) is 21.0.